The molecule has 18 nitrogen and oxygen atoms in total. The Hall–Kier alpha value is -3.82. The van der Waals surface area contributed by atoms with Gasteiger partial charge in [-0.1, -0.05) is 132 Å². The first kappa shape index (κ1) is 56.5. The molecule has 1 unspecified atom stereocenters. The van der Waals surface area contributed by atoms with Crippen LogP contribution in [-0.4, -0.2) is 132 Å². The first-order valence-electron chi connectivity index (χ1n) is 22.0. The number of alkyl halides is 6. The highest BCUT2D eigenvalue weighted by Gasteiger charge is 2.77. The highest BCUT2D eigenvalue weighted by Crippen LogP contribution is 2.63. The molecule has 2 aromatic carbocycles. The molecule has 1 amide bonds. The normalized spacial score (nSPS) is 30.0. The third-order valence-corrected chi connectivity index (χ3v) is 14.0. The summed E-state index contributed by atoms with van der Waals surface area (Å²) >= 11 is 35.1. The Morgan fingerprint density at radius 2 is 1.39 bits per heavy atom. The molecule has 2 bridgehead atoms. The molecule has 6 rings (SSSR count). The van der Waals surface area contributed by atoms with Crippen molar-refractivity contribution in [2.75, 3.05) is 19.8 Å². The minimum atomic E-state index is -2.59. The number of halogens is 6. The summed E-state index contributed by atoms with van der Waals surface area (Å²) < 4.78 is 40.9. The maximum absolute atomic E-state index is 15.7. The molecule has 24 heteroatoms. The zero-order valence-corrected chi connectivity index (χ0v) is 43.8. The van der Waals surface area contributed by atoms with Gasteiger partial charge < -0.3 is 58.5 Å². The maximum atomic E-state index is 15.7. The Kier molecular flexibility index (Phi) is 16.6. The zero-order chi connectivity index (χ0) is 52.9. The third-order valence-electron chi connectivity index (χ3n) is 13.4. The van der Waals surface area contributed by atoms with Gasteiger partial charge >= 0.3 is 30.3 Å². The third kappa shape index (κ3) is 11.9. The molecule has 0 aromatic heterocycles. The topological polar surface area (TPSA) is 249 Å². The molecule has 0 radical (unpaired) electrons. The summed E-state index contributed by atoms with van der Waals surface area (Å²) in [5, 5.41) is 41.0. The van der Waals surface area contributed by atoms with Gasteiger partial charge in [0.15, 0.2) is 11.9 Å². The molecular formula is C47H53Cl6NO17. The number of ether oxygens (including phenoxy) is 8. The predicted octanol–water partition coefficient (Wildman–Crippen LogP) is 7.75. The fourth-order valence-electron chi connectivity index (χ4n) is 9.89. The average Bonchev–Trinajstić information content (AvgIpc) is 3.27. The Balaban J connectivity index is 1.56. The molecular weight excluding hydrogens is 1060 g/mol. The van der Waals surface area contributed by atoms with Gasteiger partial charge in [0.1, 0.15) is 48.3 Å². The van der Waals surface area contributed by atoms with Crippen molar-refractivity contribution >= 4 is 106 Å². The summed E-state index contributed by atoms with van der Waals surface area (Å²) in [6.07, 6.45) is -16.2. The molecule has 71 heavy (non-hydrogen) atoms. The lowest BCUT2D eigenvalue weighted by Crippen LogP contribution is -2.81. The van der Waals surface area contributed by atoms with Crippen molar-refractivity contribution in [3.63, 3.8) is 0 Å². The Morgan fingerprint density at radius 3 is 1.93 bits per heavy atom. The van der Waals surface area contributed by atoms with Crippen LogP contribution in [0.15, 0.2) is 71.8 Å². The molecule has 2 aromatic rings. The minimum Gasteiger partial charge on any atom is -0.455 e. The number of amides is 1. The number of alkyl carbamates (subject to hydrolysis) is 1. The predicted molar refractivity (Wildman–Crippen MR) is 255 cm³/mol. The summed E-state index contributed by atoms with van der Waals surface area (Å²) in [5.74, 6) is -5.27. The number of benzene rings is 2. The first-order valence-corrected chi connectivity index (χ1v) is 24.3. The van der Waals surface area contributed by atoms with Gasteiger partial charge in [-0.25, -0.2) is 24.0 Å². The first-order chi connectivity index (χ1) is 32.7. The van der Waals surface area contributed by atoms with Gasteiger partial charge in [-0.05, 0) is 63.5 Å². The molecule has 1 heterocycles. The van der Waals surface area contributed by atoms with Crippen molar-refractivity contribution in [3.05, 3.63) is 82.9 Å². The molecule has 2 saturated carbocycles. The molecule has 3 fully saturated rings. The van der Waals surface area contributed by atoms with Crippen molar-refractivity contribution in [1.82, 2.24) is 5.32 Å². The fraction of sp³-hybridized carbons (Fsp3) is 0.574. The van der Waals surface area contributed by atoms with Crippen LogP contribution in [0.2, 0.25) is 0 Å². The monoisotopic (exact) mass is 1110 g/mol. The lowest BCUT2D eigenvalue weighted by molar-refractivity contribution is -0.343. The second-order valence-corrected chi connectivity index (χ2v) is 24.5. The fourth-order valence-corrected chi connectivity index (χ4v) is 10.2. The van der Waals surface area contributed by atoms with E-state index < -0.39 is 146 Å². The van der Waals surface area contributed by atoms with E-state index in [1.54, 1.807) is 57.2 Å². The number of Topliss-reactive ketones (excluding diaryl/α,β-unsaturated/α-hetero) is 1. The summed E-state index contributed by atoms with van der Waals surface area (Å²) in [6, 6.07) is 13.6. The van der Waals surface area contributed by atoms with Crippen molar-refractivity contribution in [2.45, 2.75) is 128 Å². The number of esters is 2. The highest BCUT2D eigenvalue weighted by molar-refractivity contribution is 6.68. The molecule has 1 aliphatic heterocycles. The van der Waals surface area contributed by atoms with Crippen LogP contribution in [0.1, 0.15) is 83.3 Å². The second-order valence-electron chi connectivity index (χ2n) is 19.5. The van der Waals surface area contributed by atoms with Gasteiger partial charge in [-0.2, -0.15) is 0 Å². The van der Waals surface area contributed by atoms with Crippen molar-refractivity contribution < 1.29 is 82.0 Å². The van der Waals surface area contributed by atoms with E-state index in [-0.39, 0.29) is 28.7 Å². The van der Waals surface area contributed by atoms with Crippen molar-refractivity contribution in [3.8, 4) is 0 Å². The number of aliphatic hydroxyl groups excluding tert-OH is 1. The molecule has 0 spiro atoms. The minimum absolute atomic E-state index is 0.0107. The standard InChI is InChI=1S/C47H53Cl6NO17/c1-23-26(67-37(58)32(69-40(61)66-22-47(51,52)53)30(24-14-10-8-11-15-24)54-38(59)71-41(2,3)4)19-45(63)35(70-36(57)25-16-12-9-13-17-25)33-43(7,27(55)18-28-44(33,62)20-64-28)34(56)31(29(23)42(45,5)6)68-39(60)65-21-46(48,49)50/h8-17,26-28,30-33,35,55,62-63H,18-22H2,1-7H3,(H,54,59)/t26-,27-,28+,30-,31+,32+,33?,35-,43+,44-,45+/m0/s1. The highest BCUT2D eigenvalue weighted by atomic mass is 35.6. The van der Waals surface area contributed by atoms with E-state index in [2.05, 4.69) is 5.32 Å². The van der Waals surface area contributed by atoms with Gasteiger partial charge in [0.05, 0.1) is 29.8 Å². The number of fused-ring (bicyclic) bond motifs is 5. The zero-order valence-electron chi connectivity index (χ0n) is 39.3. The molecule has 390 valence electrons. The number of hydrogen-bond acceptors (Lipinski definition) is 17. The SMILES string of the molecule is CC1=C2[C@@H](OC(=O)OCC(Cl)(Cl)Cl)C(=O)[C@@]3(C)C([C@H](OC(=O)c4ccccc4)[C@](O)(C[C@@H]1OC(=O)[C@H](OC(=O)OCC(Cl)(Cl)Cl)[C@@H](NC(=O)OC(C)(C)C)c1ccccc1)C2(C)C)[C@]1(O)CO[C@@H]1C[C@@H]3O. The Morgan fingerprint density at radius 1 is 0.831 bits per heavy atom. The Bertz CT molecular complexity index is 2390. The summed E-state index contributed by atoms with van der Waals surface area (Å²) in [6.45, 7) is 8.07. The number of ketones is 1. The maximum Gasteiger partial charge on any atom is 0.509 e. The molecule has 11 atom stereocenters. The number of rotatable bonds is 11. The van der Waals surface area contributed by atoms with Crippen LogP contribution in [0.3, 0.4) is 0 Å². The summed E-state index contributed by atoms with van der Waals surface area (Å²) in [4.78, 5) is 85.5. The van der Waals surface area contributed by atoms with E-state index in [0.717, 1.165) is 0 Å². The van der Waals surface area contributed by atoms with E-state index in [1.807, 2.05) is 0 Å². The number of aliphatic hydroxyl groups is 3. The van der Waals surface area contributed by atoms with Gasteiger partial charge in [0, 0.05) is 24.2 Å². The van der Waals surface area contributed by atoms with Crippen LogP contribution in [0.4, 0.5) is 14.4 Å². The van der Waals surface area contributed by atoms with E-state index in [0.29, 0.717) is 0 Å². The van der Waals surface area contributed by atoms with Crippen LogP contribution < -0.4 is 5.32 Å². The summed E-state index contributed by atoms with van der Waals surface area (Å²) in [5.41, 5.74) is -10.0. The van der Waals surface area contributed by atoms with Crippen LogP contribution >= 0.6 is 69.6 Å². The number of carbonyl (C=O) groups is 6. The Labute approximate surface area is 438 Å². The van der Waals surface area contributed by atoms with Crippen LogP contribution in [0, 0.1) is 16.7 Å². The number of carbonyl (C=O) groups excluding carboxylic acids is 6. The van der Waals surface area contributed by atoms with Gasteiger partial charge in [0.25, 0.3) is 0 Å². The lowest BCUT2D eigenvalue weighted by atomic mass is 9.44. The largest absolute Gasteiger partial charge is 0.509 e. The quantitative estimate of drug-likeness (QED) is 0.0727. The smallest absolute Gasteiger partial charge is 0.455 e. The van der Waals surface area contributed by atoms with Gasteiger partial charge in [-0.3, -0.25) is 4.79 Å². The van der Waals surface area contributed by atoms with Crippen LogP contribution in [0.25, 0.3) is 0 Å². The van der Waals surface area contributed by atoms with Crippen molar-refractivity contribution in [2.24, 2.45) is 16.7 Å². The molecule has 4 aliphatic rings. The van der Waals surface area contributed by atoms with Crippen LogP contribution in [-0.2, 0) is 47.5 Å². The van der Waals surface area contributed by atoms with E-state index >= 15 is 9.59 Å². The lowest BCUT2D eigenvalue weighted by Gasteiger charge is -2.66. The number of nitrogens with one attached hydrogen (secondary N) is 1. The molecule has 1 saturated heterocycles. The van der Waals surface area contributed by atoms with Crippen LogP contribution in [0.5, 0.6) is 0 Å². The van der Waals surface area contributed by atoms with Gasteiger partial charge in [0.2, 0.25) is 13.7 Å². The average molecular weight is 1120 g/mol. The van der Waals surface area contributed by atoms with E-state index in [9.17, 15) is 34.5 Å². The second kappa shape index (κ2) is 20.8. The molecule has 3 aliphatic carbocycles. The van der Waals surface area contributed by atoms with Crippen molar-refractivity contribution in [1.29, 1.82) is 0 Å². The molecule has 4 N–H and O–H groups in total. The number of hydrogen-bond donors (Lipinski definition) is 4. The van der Waals surface area contributed by atoms with Gasteiger partial charge in [-0.15, -0.1) is 0 Å². The summed E-state index contributed by atoms with van der Waals surface area (Å²) in [7, 11) is 0. The van der Waals surface area contributed by atoms with E-state index in [4.69, 9.17) is 108 Å². The van der Waals surface area contributed by atoms with E-state index in [1.165, 1.54) is 52.0 Å².